The van der Waals surface area contributed by atoms with Crippen LogP contribution in [0.3, 0.4) is 0 Å². The van der Waals surface area contributed by atoms with Gasteiger partial charge < -0.3 is 37.3 Å². The van der Waals surface area contributed by atoms with Crippen LogP contribution < -0.4 is 15.1 Å². The van der Waals surface area contributed by atoms with Crippen molar-refractivity contribution in [3.63, 3.8) is 0 Å². The van der Waals surface area contributed by atoms with Crippen LogP contribution in [0.15, 0.2) is 84.9 Å². The van der Waals surface area contributed by atoms with E-state index < -0.39 is 22.4 Å². The smallest absolute Gasteiger partial charge is 0.261 e. The van der Waals surface area contributed by atoms with Gasteiger partial charge in [0.15, 0.2) is 14.1 Å². The highest BCUT2D eigenvalue weighted by molar-refractivity contribution is 6.99. The van der Waals surface area contributed by atoms with Crippen LogP contribution >= 0.6 is 0 Å². The van der Waals surface area contributed by atoms with E-state index in [-0.39, 0.29) is 46.5 Å². The van der Waals surface area contributed by atoms with Gasteiger partial charge >= 0.3 is 0 Å². The number of rotatable bonds is 16. The molecule has 0 radical (unpaired) electrons. The third-order valence-corrected chi connectivity index (χ3v) is 21.9. The lowest BCUT2D eigenvalue weighted by Crippen LogP contribution is -2.67. The van der Waals surface area contributed by atoms with Crippen molar-refractivity contribution in [3.05, 3.63) is 90.5 Å². The van der Waals surface area contributed by atoms with Crippen molar-refractivity contribution in [3.8, 4) is 5.75 Å². The van der Waals surface area contributed by atoms with Crippen molar-refractivity contribution in [2.45, 2.75) is 147 Å². The molecule has 2 aliphatic rings. The van der Waals surface area contributed by atoms with Gasteiger partial charge in [-0.05, 0) is 51.2 Å². The molecule has 308 valence electrons. The molecule has 0 bridgehead atoms. The molecular formula is C46H68O8Si2. The number of carbonyl (C=O) groups excluding carboxylic acids is 1. The van der Waals surface area contributed by atoms with Gasteiger partial charge in [0.1, 0.15) is 12.0 Å². The van der Waals surface area contributed by atoms with Crippen molar-refractivity contribution in [1.82, 2.24) is 0 Å². The van der Waals surface area contributed by atoms with Gasteiger partial charge in [0.2, 0.25) is 0 Å². The fourth-order valence-electron chi connectivity index (χ4n) is 8.25. The highest BCUT2D eigenvalue weighted by Gasteiger charge is 2.54. The maximum atomic E-state index is 12.2. The number of hydrogen-bond donors (Lipinski definition) is 0. The fraction of sp³-hybridized carbons (Fsp3) is 0.587. The minimum Gasteiger partial charge on any atom is -0.497 e. The maximum Gasteiger partial charge on any atom is 0.261 e. The van der Waals surface area contributed by atoms with Crippen LogP contribution in [0.4, 0.5) is 0 Å². The maximum absolute atomic E-state index is 12.2. The summed E-state index contributed by atoms with van der Waals surface area (Å²) in [6, 6.07) is 29.3. The average Bonchev–Trinajstić information content (AvgIpc) is 3.16. The first kappa shape index (κ1) is 44.4. The third kappa shape index (κ3) is 10.5. The predicted octanol–water partition coefficient (Wildman–Crippen LogP) is 8.84. The first-order valence-electron chi connectivity index (χ1n) is 20.5. The summed E-state index contributed by atoms with van der Waals surface area (Å²) in [5.74, 6) is -0.499. The van der Waals surface area contributed by atoms with Crippen molar-refractivity contribution in [2.24, 2.45) is 5.92 Å². The Hall–Kier alpha value is -2.68. The first-order valence-corrected chi connectivity index (χ1v) is 25.3. The highest BCUT2D eigenvalue weighted by Crippen LogP contribution is 2.46. The molecule has 0 aliphatic carbocycles. The Labute approximate surface area is 339 Å². The topological polar surface area (TPSA) is 81.7 Å². The average molecular weight is 805 g/mol. The van der Waals surface area contributed by atoms with E-state index in [4.69, 9.17) is 32.5 Å². The molecule has 3 aromatic carbocycles. The summed E-state index contributed by atoms with van der Waals surface area (Å²) < 4.78 is 47.0. The largest absolute Gasteiger partial charge is 0.497 e. The van der Waals surface area contributed by atoms with E-state index in [1.807, 2.05) is 31.2 Å². The van der Waals surface area contributed by atoms with Crippen LogP contribution in [-0.4, -0.2) is 80.1 Å². The van der Waals surface area contributed by atoms with Gasteiger partial charge in [0.05, 0.1) is 50.8 Å². The van der Waals surface area contributed by atoms with Crippen LogP contribution in [-0.2, 0) is 39.2 Å². The standard InChI is InChI=1S/C46H68O8Si2/c1-34(31-47)43(50-32-35-22-24-36(48-8)25-23-35)28-37-26-38(49-9)29-46(52-37)30-39(54-55(10,11)44(2,3)4)27-40(53-46)33-51-56(45(5,6)7,41-18-14-12-15-19-41)42-20-16-13-17-21-42/h12-25,31,34,37-40,43H,26-30,32-33H2,1-11H3/t34-,37-,38-,39-,40+,43-,46+/m0/s1. The molecule has 0 aromatic heterocycles. The van der Waals surface area contributed by atoms with Crippen LogP contribution in [0.1, 0.15) is 86.1 Å². The molecule has 0 unspecified atom stereocenters. The van der Waals surface area contributed by atoms with Crippen molar-refractivity contribution < 1.29 is 37.3 Å². The Balaban J connectivity index is 1.46. The molecule has 5 rings (SSSR count). The number of hydrogen-bond acceptors (Lipinski definition) is 8. The molecule has 2 heterocycles. The molecule has 7 atom stereocenters. The van der Waals surface area contributed by atoms with Gasteiger partial charge in [-0.2, -0.15) is 0 Å². The summed E-state index contributed by atoms with van der Waals surface area (Å²) in [6.45, 7) is 21.1. The Bertz CT molecular complexity index is 1620. The lowest BCUT2D eigenvalue weighted by molar-refractivity contribution is -0.343. The third-order valence-electron chi connectivity index (χ3n) is 12.3. The molecule has 0 N–H and O–H groups in total. The Morgan fingerprint density at radius 2 is 1.34 bits per heavy atom. The molecule has 0 amide bonds. The number of aldehydes is 1. The minimum atomic E-state index is -2.84. The lowest BCUT2D eigenvalue weighted by Gasteiger charge is -2.52. The van der Waals surface area contributed by atoms with E-state index in [0.29, 0.717) is 45.3 Å². The van der Waals surface area contributed by atoms with E-state index in [2.05, 4.69) is 115 Å². The molecule has 8 nitrogen and oxygen atoms in total. The number of carbonyl (C=O) groups is 1. The van der Waals surface area contributed by atoms with Crippen LogP contribution in [0.5, 0.6) is 5.75 Å². The van der Waals surface area contributed by atoms with Crippen LogP contribution in [0.25, 0.3) is 0 Å². The van der Waals surface area contributed by atoms with E-state index in [1.54, 1.807) is 14.2 Å². The monoisotopic (exact) mass is 804 g/mol. The van der Waals surface area contributed by atoms with Crippen molar-refractivity contribution >= 4 is 33.3 Å². The Morgan fingerprint density at radius 3 is 1.86 bits per heavy atom. The van der Waals surface area contributed by atoms with Gasteiger partial charge in [-0.15, -0.1) is 0 Å². The minimum absolute atomic E-state index is 0.0316. The van der Waals surface area contributed by atoms with Crippen molar-refractivity contribution in [1.29, 1.82) is 0 Å². The van der Waals surface area contributed by atoms with Gasteiger partial charge in [-0.1, -0.05) is 121 Å². The Morgan fingerprint density at radius 1 is 0.786 bits per heavy atom. The number of benzene rings is 3. The normalized spacial score (nSPS) is 24.8. The zero-order chi connectivity index (χ0) is 40.8. The fourth-order valence-corrected chi connectivity index (χ4v) is 14.2. The summed E-state index contributed by atoms with van der Waals surface area (Å²) in [4.78, 5) is 12.2. The Kier molecular flexibility index (Phi) is 14.7. The highest BCUT2D eigenvalue weighted by atomic mass is 28.4. The molecular weight excluding hydrogens is 737 g/mol. The summed E-state index contributed by atoms with van der Waals surface area (Å²) in [5, 5.41) is 2.32. The summed E-state index contributed by atoms with van der Waals surface area (Å²) in [7, 11) is -1.60. The zero-order valence-corrected chi connectivity index (χ0v) is 37.8. The lowest BCUT2D eigenvalue weighted by atomic mass is 9.87. The second-order valence-electron chi connectivity index (χ2n) is 18.5. The summed E-state index contributed by atoms with van der Waals surface area (Å²) in [5.41, 5.74) is 1.01. The van der Waals surface area contributed by atoms with Crippen molar-refractivity contribution in [2.75, 3.05) is 20.8 Å². The molecule has 3 aromatic rings. The molecule has 0 saturated carbocycles. The number of methoxy groups -OCH3 is 2. The molecule has 1 spiro atoms. The predicted molar refractivity (Wildman–Crippen MR) is 229 cm³/mol. The molecule has 56 heavy (non-hydrogen) atoms. The second kappa shape index (κ2) is 18.5. The quantitative estimate of drug-likeness (QED) is 0.105. The molecule has 2 fully saturated rings. The van der Waals surface area contributed by atoms with Gasteiger partial charge in [0, 0.05) is 45.1 Å². The van der Waals surface area contributed by atoms with E-state index in [1.165, 1.54) is 10.4 Å². The van der Waals surface area contributed by atoms with Gasteiger partial charge in [-0.3, -0.25) is 0 Å². The number of ether oxygens (including phenoxy) is 5. The van der Waals surface area contributed by atoms with E-state index >= 15 is 0 Å². The second-order valence-corrected chi connectivity index (χ2v) is 27.6. The molecule has 10 heteroatoms. The molecule has 2 aliphatic heterocycles. The summed E-state index contributed by atoms with van der Waals surface area (Å²) >= 11 is 0. The zero-order valence-electron chi connectivity index (χ0n) is 35.8. The molecule has 2 saturated heterocycles. The van der Waals surface area contributed by atoms with Gasteiger partial charge in [-0.25, -0.2) is 0 Å². The summed E-state index contributed by atoms with van der Waals surface area (Å²) in [6.07, 6.45) is 2.94. The first-order chi connectivity index (χ1) is 26.4. The van der Waals surface area contributed by atoms with Crippen LogP contribution in [0, 0.1) is 5.92 Å². The van der Waals surface area contributed by atoms with Gasteiger partial charge in [0.25, 0.3) is 8.32 Å². The van der Waals surface area contributed by atoms with Crippen LogP contribution in [0.2, 0.25) is 23.2 Å². The van der Waals surface area contributed by atoms with E-state index in [0.717, 1.165) is 17.6 Å². The van der Waals surface area contributed by atoms with E-state index in [9.17, 15) is 4.79 Å². The SMILES string of the molecule is COc1ccc(CO[C@@H](C[C@@H]2C[C@H](OC)C[C@@]3(C[C@@H](O[Si](C)(C)C(C)(C)C)C[C@H](CO[Si](c4ccccc4)(c4ccccc4)C(C)(C)C)O3)O2)[C@@H](C)C=O)cc1.